The van der Waals surface area contributed by atoms with Crippen LogP contribution in [0.5, 0.6) is 0 Å². The number of carbonyl (C=O) groups is 1. The van der Waals surface area contributed by atoms with Crippen molar-refractivity contribution in [2.45, 2.75) is 0 Å². The molecule has 2 rings (SSSR count). The minimum atomic E-state index is -0.391. The number of nitrogens with one attached hydrogen (secondary N) is 1. The predicted molar refractivity (Wildman–Crippen MR) is 49.3 cm³/mol. The summed E-state index contributed by atoms with van der Waals surface area (Å²) in [7, 11) is 0. The van der Waals surface area contributed by atoms with Crippen LogP contribution < -0.4 is 0 Å². The van der Waals surface area contributed by atoms with E-state index in [4.69, 9.17) is 6.42 Å². The third-order valence-electron chi connectivity index (χ3n) is 1.82. The predicted octanol–water partition coefficient (Wildman–Crippen LogP) is 1.38. The number of benzene rings is 1. The number of nitrogens with zero attached hydrogens (tertiary/aromatic N) is 1. The Kier molecular flexibility index (Phi) is 1.60. The van der Waals surface area contributed by atoms with Crippen molar-refractivity contribution in [1.29, 1.82) is 0 Å². The molecule has 0 saturated heterocycles. The minimum Gasteiger partial charge on any atom is -0.277 e. The average Bonchev–Trinajstić information content (AvgIpc) is 2.60. The van der Waals surface area contributed by atoms with E-state index in [1.54, 1.807) is 0 Å². The maximum Gasteiger partial charge on any atom is 0.256 e. The molecule has 0 bridgehead atoms. The van der Waals surface area contributed by atoms with Gasteiger partial charge < -0.3 is 0 Å². The molecule has 3 nitrogen and oxygen atoms in total. The second-order valence-corrected chi connectivity index (χ2v) is 2.59. The van der Waals surface area contributed by atoms with Gasteiger partial charge in [0.1, 0.15) is 5.69 Å². The third-order valence-corrected chi connectivity index (χ3v) is 1.82. The van der Waals surface area contributed by atoms with Crippen molar-refractivity contribution in [3.05, 3.63) is 30.0 Å². The van der Waals surface area contributed by atoms with Crippen LogP contribution in [0.25, 0.3) is 10.9 Å². The molecule has 1 aromatic carbocycles. The molecule has 1 aromatic heterocycles. The first-order valence-electron chi connectivity index (χ1n) is 3.77. The number of hydrogen-bond donors (Lipinski definition) is 1. The van der Waals surface area contributed by atoms with Crippen molar-refractivity contribution in [3.8, 4) is 12.3 Å². The highest BCUT2D eigenvalue weighted by atomic mass is 16.1. The Morgan fingerprint density at radius 1 is 1.46 bits per heavy atom. The van der Waals surface area contributed by atoms with Crippen LogP contribution in [0.15, 0.2) is 24.3 Å². The standard InChI is InChI=1S/C10H6N2O/c1-2-9(13)10-7-5-3-4-6-8(7)11-12-10/h1,3-6H,(H,11,12). The molecule has 0 unspecified atom stereocenters. The fraction of sp³-hybridized carbons (Fsp3) is 0. The molecule has 0 radical (unpaired) electrons. The van der Waals surface area contributed by atoms with E-state index in [9.17, 15) is 4.79 Å². The lowest BCUT2D eigenvalue weighted by molar-refractivity contribution is 0.105. The van der Waals surface area contributed by atoms with Crippen molar-refractivity contribution >= 4 is 16.7 Å². The Labute approximate surface area is 74.8 Å². The first kappa shape index (κ1) is 7.56. The van der Waals surface area contributed by atoms with Crippen LogP contribution in [0.2, 0.25) is 0 Å². The molecule has 0 spiro atoms. The van der Waals surface area contributed by atoms with E-state index in [1.165, 1.54) is 0 Å². The highest BCUT2D eigenvalue weighted by molar-refractivity contribution is 6.14. The summed E-state index contributed by atoms with van der Waals surface area (Å²) in [6.45, 7) is 0. The number of H-pyrrole nitrogens is 1. The van der Waals surface area contributed by atoms with Gasteiger partial charge in [0.15, 0.2) is 0 Å². The largest absolute Gasteiger partial charge is 0.277 e. The van der Waals surface area contributed by atoms with E-state index in [0.29, 0.717) is 5.69 Å². The van der Waals surface area contributed by atoms with Gasteiger partial charge in [-0.05, 0) is 12.0 Å². The number of Topliss-reactive ketones (excluding diaryl/α,β-unsaturated/α-hetero) is 1. The second kappa shape index (κ2) is 2.76. The van der Waals surface area contributed by atoms with E-state index >= 15 is 0 Å². The molecule has 1 N–H and O–H groups in total. The summed E-state index contributed by atoms with van der Waals surface area (Å²) in [6.07, 6.45) is 5.00. The van der Waals surface area contributed by atoms with Gasteiger partial charge in [0.2, 0.25) is 0 Å². The van der Waals surface area contributed by atoms with E-state index < -0.39 is 5.78 Å². The highest BCUT2D eigenvalue weighted by Gasteiger charge is 2.10. The van der Waals surface area contributed by atoms with E-state index in [-0.39, 0.29) is 0 Å². The fourth-order valence-electron chi connectivity index (χ4n) is 1.20. The van der Waals surface area contributed by atoms with Gasteiger partial charge in [-0.3, -0.25) is 9.89 Å². The van der Waals surface area contributed by atoms with Gasteiger partial charge in [-0.15, -0.1) is 6.42 Å². The first-order chi connectivity index (χ1) is 6.33. The lowest BCUT2D eigenvalue weighted by Crippen LogP contribution is -1.94. The number of rotatable bonds is 1. The van der Waals surface area contributed by atoms with Gasteiger partial charge in [-0.25, -0.2) is 0 Å². The molecular weight excluding hydrogens is 164 g/mol. The second-order valence-electron chi connectivity index (χ2n) is 2.59. The Balaban J connectivity index is 2.73. The molecule has 2 aromatic rings. The number of terminal acetylenes is 1. The number of hydrogen-bond acceptors (Lipinski definition) is 2. The number of ketones is 1. The molecule has 0 aliphatic heterocycles. The normalized spacial score (nSPS) is 9.77. The summed E-state index contributed by atoms with van der Waals surface area (Å²) in [6, 6.07) is 7.36. The van der Waals surface area contributed by atoms with Crippen LogP contribution in [-0.2, 0) is 0 Å². The Bertz CT molecular complexity index is 505. The first-order valence-corrected chi connectivity index (χ1v) is 3.77. The fourth-order valence-corrected chi connectivity index (χ4v) is 1.20. The Morgan fingerprint density at radius 3 is 3.00 bits per heavy atom. The maximum absolute atomic E-state index is 11.2. The van der Waals surface area contributed by atoms with Crippen molar-refractivity contribution in [2.75, 3.05) is 0 Å². The Morgan fingerprint density at radius 2 is 2.23 bits per heavy atom. The molecule has 0 amide bonds. The summed E-state index contributed by atoms with van der Waals surface area (Å²) >= 11 is 0. The van der Waals surface area contributed by atoms with E-state index in [2.05, 4.69) is 10.2 Å². The minimum absolute atomic E-state index is 0.318. The molecule has 0 aliphatic rings. The summed E-state index contributed by atoms with van der Waals surface area (Å²) < 4.78 is 0. The lowest BCUT2D eigenvalue weighted by atomic mass is 10.1. The summed E-state index contributed by atoms with van der Waals surface area (Å²) in [5, 5.41) is 7.35. The summed E-state index contributed by atoms with van der Waals surface area (Å²) in [5.74, 6) is 1.65. The monoisotopic (exact) mass is 170 g/mol. The quantitative estimate of drug-likeness (QED) is 0.399. The molecule has 0 aliphatic carbocycles. The topological polar surface area (TPSA) is 45.8 Å². The van der Waals surface area contributed by atoms with Gasteiger partial charge in [0.25, 0.3) is 5.78 Å². The smallest absolute Gasteiger partial charge is 0.256 e. The molecular formula is C10H6N2O. The van der Waals surface area contributed by atoms with E-state index in [0.717, 1.165) is 10.9 Å². The van der Waals surface area contributed by atoms with Crippen LogP contribution in [0.4, 0.5) is 0 Å². The zero-order valence-electron chi connectivity index (χ0n) is 6.74. The van der Waals surface area contributed by atoms with Crippen molar-refractivity contribution in [2.24, 2.45) is 0 Å². The highest BCUT2D eigenvalue weighted by Crippen LogP contribution is 2.14. The van der Waals surface area contributed by atoms with Crippen LogP contribution >= 0.6 is 0 Å². The average molecular weight is 170 g/mol. The number of aromatic amines is 1. The van der Waals surface area contributed by atoms with Gasteiger partial charge in [-0.2, -0.15) is 5.10 Å². The molecule has 62 valence electrons. The lowest BCUT2D eigenvalue weighted by Gasteiger charge is -1.87. The molecule has 13 heavy (non-hydrogen) atoms. The van der Waals surface area contributed by atoms with Crippen molar-refractivity contribution < 1.29 is 4.79 Å². The molecule has 0 atom stereocenters. The van der Waals surface area contributed by atoms with Gasteiger partial charge >= 0.3 is 0 Å². The van der Waals surface area contributed by atoms with Gasteiger partial charge in [0.05, 0.1) is 5.52 Å². The number of aromatic nitrogens is 2. The van der Waals surface area contributed by atoms with Crippen LogP contribution in [0.1, 0.15) is 10.5 Å². The van der Waals surface area contributed by atoms with E-state index in [1.807, 2.05) is 30.2 Å². The van der Waals surface area contributed by atoms with Crippen molar-refractivity contribution in [3.63, 3.8) is 0 Å². The van der Waals surface area contributed by atoms with Gasteiger partial charge in [-0.1, -0.05) is 18.2 Å². The van der Waals surface area contributed by atoms with Gasteiger partial charge in [0, 0.05) is 5.39 Å². The van der Waals surface area contributed by atoms with Crippen LogP contribution in [-0.4, -0.2) is 16.0 Å². The van der Waals surface area contributed by atoms with Crippen LogP contribution in [0.3, 0.4) is 0 Å². The third kappa shape index (κ3) is 1.09. The van der Waals surface area contributed by atoms with Crippen molar-refractivity contribution in [1.82, 2.24) is 10.2 Å². The molecule has 0 fully saturated rings. The number of para-hydroxylation sites is 1. The SMILES string of the molecule is C#CC(=O)c1n[nH]c2ccccc12. The zero-order chi connectivity index (χ0) is 9.26. The zero-order valence-corrected chi connectivity index (χ0v) is 6.74. The number of fused-ring (bicyclic) bond motifs is 1. The molecule has 0 saturated carbocycles. The maximum atomic E-state index is 11.2. The summed E-state index contributed by atoms with van der Waals surface area (Å²) in [5.41, 5.74) is 1.14. The molecule has 3 heteroatoms. The summed E-state index contributed by atoms with van der Waals surface area (Å²) in [4.78, 5) is 11.2. The van der Waals surface area contributed by atoms with Crippen LogP contribution in [0, 0.1) is 12.3 Å². The molecule has 1 heterocycles. The number of carbonyl (C=O) groups excluding carboxylic acids is 1. The Hall–Kier alpha value is -2.08.